The second-order valence-electron chi connectivity index (χ2n) is 23.3. The third-order valence-electron chi connectivity index (χ3n) is 14.4. The van der Waals surface area contributed by atoms with E-state index in [1.165, 1.54) is 25.6 Å². The number of aromatic nitrogens is 2. The van der Waals surface area contributed by atoms with Gasteiger partial charge in [0.15, 0.2) is 0 Å². The van der Waals surface area contributed by atoms with E-state index in [2.05, 4.69) is 189 Å². The quantitative estimate of drug-likeness (QED) is 0.163. The van der Waals surface area contributed by atoms with E-state index in [9.17, 15) is 8.22 Å². The highest BCUT2D eigenvalue weighted by molar-refractivity contribution is 7.26. The van der Waals surface area contributed by atoms with Crippen LogP contribution in [0.4, 0.5) is 0 Å². The van der Waals surface area contributed by atoms with Gasteiger partial charge in [0, 0.05) is 63.3 Å². The Morgan fingerprint density at radius 3 is 1.34 bits per heavy atom. The average Bonchev–Trinajstić information content (AvgIpc) is 4.10. The number of para-hydroxylation sites is 1. The molecule has 330 valence electrons. The van der Waals surface area contributed by atoms with Gasteiger partial charge in [-0.05, 0) is 103 Å². The minimum absolute atomic E-state index is 0.249. The second kappa shape index (κ2) is 13.2. The van der Waals surface area contributed by atoms with E-state index in [0.717, 1.165) is 81.9 Å². The monoisotopic (exact) mass is 892 g/mol. The summed E-state index contributed by atoms with van der Waals surface area (Å²) in [6, 6.07) is 37.0. The Morgan fingerprint density at radius 2 is 0.791 bits per heavy atom. The molecule has 67 heavy (non-hydrogen) atoms. The van der Waals surface area contributed by atoms with Gasteiger partial charge in [-0.1, -0.05) is 180 Å². The number of hydrogen-bond acceptors (Lipinski definition) is 1. The van der Waals surface area contributed by atoms with E-state index >= 15 is 0 Å². The molecule has 3 heteroatoms. The van der Waals surface area contributed by atoms with E-state index in [1.54, 1.807) is 0 Å². The van der Waals surface area contributed by atoms with Crippen molar-refractivity contribution in [3.05, 3.63) is 156 Å². The van der Waals surface area contributed by atoms with Crippen LogP contribution in [0.5, 0.6) is 0 Å². The first-order chi connectivity index (χ1) is 34.3. The molecule has 0 N–H and O–H groups in total. The molecule has 0 bridgehead atoms. The summed E-state index contributed by atoms with van der Waals surface area (Å²) in [7, 11) is 0. The van der Waals surface area contributed by atoms with E-state index in [0.29, 0.717) is 45.5 Å². The van der Waals surface area contributed by atoms with E-state index in [-0.39, 0.29) is 24.2 Å². The molecule has 13 aromatic rings. The van der Waals surface area contributed by atoms with Crippen molar-refractivity contribution in [1.29, 1.82) is 0 Å². The van der Waals surface area contributed by atoms with Crippen molar-refractivity contribution in [1.82, 2.24) is 8.80 Å². The molecule has 0 aliphatic carbocycles. The Labute approximate surface area is 405 Å². The maximum atomic E-state index is 9.77. The van der Waals surface area contributed by atoms with Crippen LogP contribution in [0.2, 0.25) is 0 Å². The molecule has 8 aromatic carbocycles. The standard InChI is InChI=1S/C64H58N2S/c1-61(2,3)39-24-37(25-40(30-39)62(4,5)6)35-20-22-43-44-17-15-18-45-48-32-54-49(33-53(48)65(59(44)45)51(43)28-35)50-34-56-57(47-16-13-14-19-55(47)67-56)58-46-23-21-36(29-52(46)66(54)60(50)58)38-26-41(63(7,8)9)31-42(27-38)64(10,11)12/h13-34H,1-12H3/i24D,25D,26D,27D,30D,31D. The van der Waals surface area contributed by atoms with E-state index < -0.39 is 21.7 Å². The summed E-state index contributed by atoms with van der Waals surface area (Å²) >= 11 is 1.83. The van der Waals surface area contributed by atoms with Crippen LogP contribution in [0.1, 0.15) is 114 Å². The molecule has 0 unspecified atom stereocenters. The lowest BCUT2D eigenvalue weighted by Gasteiger charge is -2.26. The molecule has 0 amide bonds. The SMILES string of the molecule is [2H]c1c(-c2ccc3c4cccc5c6cc7c(cc6n(c3c2)c45)c2cc3sc4ccccc4c3c3c4ccc(-c5c([2H])c(C(C)(C)C)c([2H])c(C(C)(C)C)c5[2H])cc4n7c23)c([2H])c(C(C)(C)C)c([2H])c1C(C)(C)C. The summed E-state index contributed by atoms with van der Waals surface area (Å²) in [4.78, 5) is 0. The van der Waals surface area contributed by atoms with Crippen LogP contribution in [0.15, 0.2) is 133 Å². The number of thiophene rings is 1. The molecule has 13 rings (SSSR count). The Morgan fingerprint density at radius 1 is 0.343 bits per heavy atom. The molecule has 0 fully saturated rings. The van der Waals surface area contributed by atoms with E-state index in [1.807, 2.05) is 11.3 Å². The summed E-state index contributed by atoms with van der Waals surface area (Å²) in [5.74, 6) is 0. The maximum Gasteiger partial charge on any atom is 0.0632 e. The zero-order valence-corrected chi connectivity index (χ0v) is 41.4. The van der Waals surface area contributed by atoms with Crippen molar-refractivity contribution in [3.8, 4) is 22.3 Å². The van der Waals surface area contributed by atoms with Gasteiger partial charge in [0.25, 0.3) is 0 Å². The summed E-state index contributed by atoms with van der Waals surface area (Å²) in [5, 5.41) is 11.6. The van der Waals surface area contributed by atoms with Crippen LogP contribution < -0.4 is 0 Å². The highest BCUT2D eigenvalue weighted by Gasteiger charge is 2.27. The normalized spacial score (nSPS) is 14.9. The van der Waals surface area contributed by atoms with Crippen LogP contribution in [0, 0.1) is 0 Å². The van der Waals surface area contributed by atoms with Gasteiger partial charge in [0.2, 0.25) is 0 Å². The summed E-state index contributed by atoms with van der Waals surface area (Å²) in [6.45, 7) is 24.8. The van der Waals surface area contributed by atoms with Gasteiger partial charge in [-0.25, -0.2) is 0 Å². The number of rotatable bonds is 2. The third-order valence-corrected chi connectivity index (χ3v) is 15.5. The fraction of sp³-hybridized carbons (Fsp3) is 0.250. The van der Waals surface area contributed by atoms with E-state index in [4.69, 9.17) is 0 Å². The molecular formula is C64H58N2S. The van der Waals surface area contributed by atoms with Crippen molar-refractivity contribution < 1.29 is 8.22 Å². The van der Waals surface area contributed by atoms with Gasteiger partial charge in [0.05, 0.1) is 41.3 Å². The Hall–Kier alpha value is -6.42. The van der Waals surface area contributed by atoms with Crippen LogP contribution in [0.3, 0.4) is 0 Å². The Balaban J connectivity index is 1.16. The van der Waals surface area contributed by atoms with Crippen LogP contribution in [-0.2, 0) is 21.7 Å². The summed E-state index contributed by atoms with van der Waals surface area (Å²) < 4.78 is 65.0. The van der Waals surface area contributed by atoms with Crippen molar-refractivity contribution in [2.45, 2.75) is 105 Å². The fourth-order valence-electron chi connectivity index (χ4n) is 10.8. The highest BCUT2D eigenvalue weighted by atomic mass is 32.1. The first kappa shape index (κ1) is 34.8. The lowest BCUT2D eigenvalue weighted by molar-refractivity contribution is 0.568. The second-order valence-corrected chi connectivity index (χ2v) is 24.4. The number of benzene rings is 8. The van der Waals surface area contributed by atoms with Gasteiger partial charge in [-0.2, -0.15) is 0 Å². The highest BCUT2D eigenvalue weighted by Crippen LogP contribution is 2.50. The van der Waals surface area contributed by atoms with Crippen molar-refractivity contribution in [2.75, 3.05) is 0 Å². The first-order valence-electron chi connectivity index (χ1n) is 26.8. The minimum atomic E-state index is -0.485. The predicted molar refractivity (Wildman–Crippen MR) is 294 cm³/mol. The van der Waals surface area contributed by atoms with Crippen molar-refractivity contribution in [2.24, 2.45) is 0 Å². The Kier molecular flexibility index (Phi) is 6.85. The average molecular weight is 893 g/mol. The molecule has 0 saturated heterocycles. The maximum absolute atomic E-state index is 9.77. The zero-order chi connectivity index (χ0) is 51.7. The lowest BCUT2D eigenvalue weighted by Crippen LogP contribution is -2.16. The van der Waals surface area contributed by atoms with Crippen LogP contribution in [-0.4, -0.2) is 8.80 Å². The van der Waals surface area contributed by atoms with Gasteiger partial charge < -0.3 is 8.80 Å². The molecule has 0 aliphatic rings. The molecule has 0 atom stereocenters. The molecule has 0 spiro atoms. The minimum Gasteiger partial charge on any atom is -0.308 e. The summed E-state index contributed by atoms with van der Waals surface area (Å²) in [5.41, 5.74) is 9.96. The number of fused-ring (bicyclic) bond motifs is 16. The molecule has 2 nitrogen and oxygen atoms in total. The molecule has 0 radical (unpaired) electrons. The largest absolute Gasteiger partial charge is 0.308 e. The van der Waals surface area contributed by atoms with Gasteiger partial charge in [0.1, 0.15) is 0 Å². The summed E-state index contributed by atoms with van der Waals surface area (Å²) in [6.07, 6.45) is 0. The third kappa shape index (κ3) is 5.80. The number of hydrogen-bond donors (Lipinski definition) is 0. The molecular weight excluding hydrogens is 829 g/mol. The van der Waals surface area contributed by atoms with Crippen molar-refractivity contribution in [3.63, 3.8) is 0 Å². The molecule has 5 heterocycles. The van der Waals surface area contributed by atoms with Crippen molar-refractivity contribution >= 4 is 108 Å². The van der Waals surface area contributed by atoms with Gasteiger partial charge in [-0.15, -0.1) is 11.3 Å². The molecule has 0 saturated carbocycles. The zero-order valence-electron chi connectivity index (χ0n) is 46.5. The van der Waals surface area contributed by atoms with Gasteiger partial charge in [-0.3, -0.25) is 0 Å². The molecule has 0 aliphatic heterocycles. The predicted octanol–water partition coefficient (Wildman–Crippen LogP) is 18.9. The smallest absolute Gasteiger partial charge is 0.0632 e. The topological polar surface area (TPSA) is 8.82 Å². The number of nitrogens with zero attached hydrogens (tertiary/aromatic N) is 2. The first-order valence-corrected chi connectivity index (χ1v) is 24.6. The molecule has 5 aromatic heterocycles. The van der Waals surface area contributed by atoms with Crippen LogP contribution in [0.25, 0.3) is 119 Å². The fourth-order valence-corrected chi connectivity index (χ4v) is 12.0. The Bertz CT molecular complexity index is 4510. The van der Waals surface area contributed by atoms with Gasteiger partial charge >= 0.3 is 0 Å². The van der Waals surface area contributed by atoms with Crippen LogP contribution >= 0.6 is 11.3 Å². The lowest BCUT2D eigenvalue weighted by atomic mass is 9.79.